The lowest BCUT2D eigenvalue weighted by molar-refractivity contribution is -0.140. The first kappa shape index (κ1) is 37.2. The van der Waals surface area contributed by atoms with Crippen molar-refractivity contribution >= 4 is 39.3 Å². The van der Waals surface area contributed by atoms with Crippen LogP contribution in [-0.2, 0) is 9.59 Å². The third-order valence-corrected chi connectivity index (χ3v) is 12.9. The summed E-state index contributed by atoms with van der Waals surface area (Å²) in [7, 11) is 0. The lowest BCUT2D eigenvalue weighted by atomic mass is 9.84. The number of halogens is 3. The highest BCUT2D eigenvalue weighted by atomic mass is 19.1. The van der Waals surface area contributed by atoms with Crippen LogP contribution in [0.15, 0.2) is 43.1 Å². The molecule has 1 saturated carbocycles. The SMILES string of the molecule is C#Cc1c(F)ccc2cc(O)cc(-c3ncc4c(N5CC6CCC(C5)N6C(=O)C5CCCC(NC(=O)C=C)C5)nc(OCC56CCCN5CC(F)C6)nc4c3F)c12. The van der Waals surface area contributed by atoms with E-state index in [1.807, 2.05) is 9.80 Å². The van der Waals surface area contributed by atoms with Crippen molar-refractivity contribution in [1.29, 1.82) is 0 Å². The van der Waals surface area contributed by atoms with Gasteiger partial charge in [0.1, 0.15) is 41.4 Å². The topological polar surface area (TPSA) is 124 Å². The second-order valence-corrected chi connectivity index (χ2v) is 16.3. The third-order valence-electron chi connectivity index (χ3n) is 12.9. The molecule has 296 valence electrons. The molecule has 2 aromatic heterocycles. The summed E-state index contributed by atoms with van der Waals surface area (Å²) in [5, 5.41) is 14.6. The molecule has 2 bridgehead atoms. The van der Waals surface area contributed by atoms with Crippen LogP contribution in [0.2, 0.25) is 0 Å². The monoisotopic (exact) mass is 779 g/mol. The summed E-state index contributed by atoms with van der Waals surface area (Å²) < 4.78 is 53.2. The largest absolute Gasteiger partial charge is 0.508 e. The van der Waals surface area contributed by atoms with Gasteiger partial charge in [-0.1, -0.05) is 25.0 Å². The van der Waals surface area contributed by atoms with Crippen molar-refractivity contribution in [2.24, 2.45) is 5.92 Å². The number of terminal acetylenes is 1. The van der Waals surface area contributed by atoms with Crippen molar-refractivity contribution in [2.45, 2.75) is 87.6 Å². The van der Waals surface area contributed by atoms with Gasteiger partial charge in [0.25, 0.3) is 0 Å². The molecule has 1 aliphatic carbocycles. The van der Waals surface area contributed by atoms with Crippen LogP contribution in [0.3, 0.4) is 0 Å². The van der Waals surface area contributed by atoms with Gasteiger partial charge in [0.05, 0.1) is 16.5 Å². The predicted octanol–water partition coefficient (Wildman–Crippen LogP) is 5.81. The van der Waals surface area contributed by atoms with Crippen LogP contribution < -0.4 is 15.0 Å². The molecule has 4 aromatic rings. The average molecular weight is 780 g/mol. The van der Waals surface area contributed by atoms with Gasteiger partial charge >= 0.3 is 6.01 Å². The minimum absolute atomic E-state index is 0.0751. The van der Waals surface area contributed by atoms with Crippen LogP contribution in [0.5, 0.6) is 11.8 Å². The first-order chi connectivity index (χ1) is 27.6. The minimum atomic E-state index is -0.970. The summed E-state index contributed by atoms with van der Waals surface area (Å²) in [5.74, 6) is 0.732. The zero-order valence-electron chi connectivity index (χ0n) is 31.5. The summed E-state index contributed by atoms with van der Waals surface area (Å²) in [6, 6.07) is 4.99. The Kier molecular flexibility index (Phi) is 9.46. The van der Waals surface area contributed by atoms with Crippen LogP contribution in [0, 0.1) is 29.9 Å². The van der Waals surface area contributed by atoms with E-state index in [1.54, 1.807) is 0 Å². The Labute approximate surface area is 328 Å². The summed E-state index contributed by atoms with van der Waals surface area (Å²) in [4.78, 5) is 46.3. The fourth-order valence-corrected chi connectivity index (χ4v) is 10.4. The number of fused-ring (bicyclic) bond motifs is 5. The Morgan fingerprint density at radius 2 is 1.91 bits per heavy atom. The molecule has 2 aromatic carbocycles. The molecule has 9 rings (SSSR count). The number of carbonyl (C=O) groups is 2. The predicted molar refractivity (Wildman–Crippen MR) is 208 cm³/mol. The Bertz CT molecular complexity index is 2340. The summed E-state index contributed by atoms with van der Waals surface area (Å²) in [6.45, 7) is 5.66. The smallest absolute Gasteiger partial charge is 0.319 e. The molecule has 14 heteroatoms. The Balaban J connectivity index is 1.08. The number of phenolic OH excluding ortho intramolecular Hbond substituents is 1. The van der Waals surface area contributed by atoms with Gasteiger partial charge in [-0.25, -0.2) is 13.2 Å². The zero-order chi connectivity index (χ0) is 39.6. The molecule has 2 amide bonds. The number of rotatable bonds is 8. The second kappa shape index (κ2) is 14.5. The van der Waals surface area contributed by atoms with Crippen LogP contribution >= 0.6 is 0 Å². The number of carbonyl (C=O) groups excluding carboxylic acids is 2. The number of benzene rings is 2. The quantitative estimate of drug-likeness (QED) is 0.169. The van der Waals surface area contributed by atoms with E-state index < -0.39 is 23.3 Å². The number of amides is 2. The van der Waals surface area contributed by atoms with E-state index in [2.05, 4.69) is 32.7 Å². The molecule has 5 aliphatic rings. The van der Waals surface area contributed by atoms with E-state index >= 15 is 8.78 Å². The van der Waals surface area contributed by atoms with Crippen molar-refractivity contribution in [3.8, 4) is 35.4 Å². The highest BCUT2D eigenvalue weighted by Gasteiger charge is 2.50. The van der Waals surface area contributed by atoms with Gasteiger partial charge in [0.15, 0.2) is 5.82 Å². The standard InChI is InChI=1S/C43H44F3N7O4/c1-3-31-34(45)12-9-24-16-30(54)17-32(36(24)31)38-37(46)39-33(19-47-38)40(50-42(49-39)57-23-43-13-6-14-52(43)20-26(44)18-43)51-21-28-10-11-29(22-51)53(28)41(56)25-7-5-8-27(15-25)48-35(55)4-2/h1,4,9,12,16-17,19,25-29,54H,2,5-8,10-11,13-15,18,20-23H2,(H,48,55). The van der Waals surface area contributed by atoms with Crippen molar-refractivity contribution < 1.29 is 32.6 Å². The molecule has 6 heterocycles. The number of alkyl halides is 1. The number of piperazine rings is 1. The molecular weight excluding hydrogens is 736 g/mol. The van der Waals surface area contributed by atoms with Gasteiger partial charge in [-0.05, 0) is 81.2 Å². The van der Waals surface area contributed by atoms with E-state index in [1.165, 1.54) is 36.5 Å². The number of hydrogen-bond donors (Lipinski definition) is 2. The molecule has 0 radical (unpaired) electrons. The van der Waals surface area contributed by atoms with Crippen LogP contribution in [0.1, 0.15) is 63.4 Å². The number of hydrogen-bond acceptors (Lipinski definition) is 9. The number of ether oxygens (including phenoxy) is 1. The van der Waals surface area contributed by atoms with Gasteiger partial charge in [-0.15, -0.1) is 6.42 Å². The normalized spacial score (nSPS) is 27.1. The average Bonchev–Trinajstić information content (AvgIpc) is 3.82. The van der Waals surface area contributed by atoms with Crippen molar-refractivity contribution in [3.63, 3.8) is 0 Å². The van der Waals surface area contributed by atoms with Crippen molar-refractivity contribution in [2.75, 3.05) is 37.7 Å². The minimum Gasteiger partial charge on any atom is -0.508 e. The maximum absolute atomic E-state index is 17.2. The third kappa shape index (κ3) is 6.49. The van der Waals surface area contributed by atoms with Crippen molar-refractivity contribution in [1.82, 2.24) is 30.1 Å². The lowest BCUT2D eigenvalue weighted by Gasteiger charge is -2.44. The number of nitrogens with one attached hydrogen (secondary N) is 1. The number of aromatic hydroxyl groups is 1. The fraction of sp³-hybridized carbons (Fsp3) is 0.465. The highest BCUT2D eigenvalue weighted by molar-refractivity contribution is 6.03. The molecular formula is C43H44F3N7O4. The maximum Gasteiger partial charge on any atom is 0.319 e. The lowest BCUT2D eigenvalue weighted by Crippen LogP contribution is -2.58. The van der Waals surface area contributed by atoms with Crippen LogP contribution in [-0.4, -0.2) is 104 Å². The molecule has 6 atom stereocenters. The van der Waals surface area contributed by atoms with E-state index in [9.17, 15) is 19.1 Å². The van der Waals surface area contributed by atoms with E-state index in [0.29, 0.717) is 49.1 Å². The first-order valence-corrected chi connectivity index (χ1v) is 19.9. The van der Waals surface area contributed by atoms with E-state index in [-0.39, 0.29) is 81.9 Å². The highest BCUT2D eigenvalue weighted by Crippen LogP contribution is 2.43. The Hall–Kier alpha value is -5.42. The Morgan fingerprint density at radius 1 is 1.11 bits per heavy atom. The number of pyridine rings is 1. The van der Waals surface area contributed by atoms with Crippen molar-refractivity contribution in [3.05, 3.63) is 60.3 Å². The molecule has 2 N–H and O–H groups in total. The van der Waals surface area contributed by atoms with E-state index in [4.69, 9.17) is 16.1 Å². The number of nitrogens with zero attached hydrogens (tertiary/aromatic N) is 6. The maximum atomic E-state index is 17.2. The van der Waals surface area contributed by atoms with Gasteiger partial charge in [0, 0.05) is 67.2 Å². The van der Waals surface area contributed by atoms with Gasteiger partial charge in [0.2, 0.25) is 11.8 Å². The number of phenols is 1. The van der Waals surface area contributed by atoms with Crippen LogP contribution in [0.25, 0.3) is 32.9 Å². The second-order valence-electron chi connectivity index (χ2n) is 16.3. The molecule has 4 saturated heterocycles. The number of aromatic nitrogens is 3. The molecule has 5 fully saturated rings. The molecule has 6 unspecified atom stereocenters. The van der Waals surface area contributed by atoms with Gasteiger partial charge in [-0.3, -0.25) is 19.5 Å². The summed E-state index contributed by atoms with van der Waals surface area (Å²) in [6.07, 6.45) is 14.1. The molecule has 11 nitrogen and oxygen atoms in total. The van der Waals surface area contributed by atoms with E-state index in [0.717, 1.165) is 51.5 Å². The number of anilines is 1. The molecule has 4 aliphatic heterocycles. The van der Waals surface area contributed by atoms with Gasteiger partial charge < -0.3 is 25.0 Å². The summed E-state index contributed by atoms with van der Waals surface area (Å²) in [5.41, 5.74) is -0.783. The van der Waals surface area contributed by atoms with Crippen LogP contribution in [0.4, 0.5) is 19.0 Å². The molecule has 57 heavy (non-hydrogen) atoms. The molecule has 0 spiro atoms. The first-order valence-electron chi connectivity index (χ1n) is 19.9. The Morgan fingerprint density at radius 3 is 2.68 bits per heavy atom. The fourth-order valence-electron chi connectivity index (χ4n) is 10.4. The summed E-state index contributed by atoms with van der Waals surface area (Å²) >= 11 is 0. The zero-order valence-corrected chi connectivity index (χ0v) is 31.5. The van der Waals surface area contributed by atoms with Gasteiger partial charge in [-0.2, -0.15) is 9.97 Å².